The van der Waals surface area contributed by atoms with E-state index in [2.05, 4.69) is 4.28 Å². The van der Waals surface area contributed by atoms with Gasteiger partial charge in [-0.1, -0.05) is 29.4 Å². The lowest BCUT2D eigenvalue weighted by molar-refractivity contribution is -0.249. The van der Waals surface area contributed by atoms with Gasteiger partial charge in [-0.25, -0.2) is 0 Å². The molecule has 0 heterocycles. The topological polar surface area (TPSA) is 76.0 Å². The van der Waals surface area contributed by atoms with E-state index in [4.69, 9.17) is 5.11 Å². The molecule has 0 aromatic heterocycles. The summed E-state index contributed by atoms with van der Waals surface area (Å²) in [5.74, 6) is -5.82. The number of hydrogen-bond acceptors (Lipinski definition) is 5. The van der Waals surface area contributed by atoms with Crippen LogP contribution >= 0.6 is 0 Å². The molecule has 1 aromatic rings. The third kappa shape index (κ3) is 4.56. The second-order valence-corrected chi connectivity index (χ2v) is 5.86. The molecule has 14 heteroatoms. The number of rotatable bonds is 5. The van der Waals surface area contributed by atoms with Gasteiger partial charge in [0.25, 0.3) is 0 Å². The van der Waals surface area contributed by atoms with Crippen molar-refractivity contribution in [3.63, 3.8) is 0 Å². The Kier molecular flexibility index (Phi) is 5.69. The molecule has 142 valence electrons. The van der Waals surface area contributed by atoms with Gasteiger partial charge in [0.2, 0.25) is 0 Å². The Labute approximate surface area is 134 Å². The van der Waals surface area contributed by atoms with Crippen molar-refractivity contribution < 1.29 is 52.9 Å². The average molecular weight is 401 g/mol. The summed E-state index contributed by atoms with van der Waals surface area (Å²) in [6.07, 6.45) is -6.30. The molecule has 1 rings (SSSR count). The summed E-state index contributed by atoms with van der Waals surface area (Å²) >= 11 is 0. The monoisotopic (exact) mass is 401 g/mol. The minimum atomic E-state index is -6.55. The van der Waals surface area contributed by atoms with Crippen LogP contribution in [0.15, 0.2) is 29.4 Å². The van der Waals surface area contributed by atoms with Gasteiger partial charge in [0.15, 0.2) is 5.71 Å². The minimum Gasteiger partial charge on any atom is -0.392 e. The molecule has 0 aliphatic heterocycles. The molecule has 0 saturated carbocycles. The van der Waals surface area contributed by atoms with E-state index in [1.807, 2.05) is 5.16 Å². The van der Waals surface area contributed by atoms with Crippen LogP contribution in [0.1, 0.15) is 11.1 Å². The first-order valence-electron chi connectivity index (χ1n) is 5.86. The van der Waals surface area contributed by atoms with Crippen LogP contribution in [0, 0.1) is 0 Å². The standard InChI is InChI=1S/C11H7F8NO4S/c12-9(13,10(14,15)16)8(7-3-1-6(5-21)2-4-7)20-24-25(22,23)11(17,18)19/h1-4,21H,5H2. The predicted octanol–water partition coefficient (Wildman–Crippen LogP) is 2.95. The third-order valence-corrected chi connectivity index (χ3v) is 3.41. The Balaban J connectivity index is 3.46. The lowest BCUT2D eigenvalue weighted by Gasteiger charge is -2.21. The van der Waals surface area contributed by atoms with Crippen molar-refractivity contribution in [2.24, 2.45) is 5.16 Å². The molecule has 1 N–H and O–H groups in total. The summed E-state index contributed by atoms with van der Waals surface area (Å²) in [7, 11) is -6.55. The molecule has 0 unspecified atom stereocenters. The zero-order chi connectivity index (χ0) is 19.7. The van der Waals surface area contributed by atoms with Crippen LogP contribution in [0.2, 0.25) is 0 Å². The lowest BCUT2D eigenvalue weighted by atomic mass is 10.0. The summed E-state index contributed by atoms with van der Waals surface area (Å²) < 4.78 is 125. The van der Waals surface area contributed by atoms with E-state index in [1.165, 1.54) is 0 Å². The van der Waals surface area contributed by atoms with Gasteiger partial charge < -0.3 is 5.11 Å². The first-order chi connectivity index (χ1) is 11.1. The predicted molar refractivity (Wildman–Crippen MR) is 66.0 cm³/mol. The molecule has 0 aliphatic carbocycles. The molecule has 0 amide bonds. The molecule has 5 nitrogen and oxygen atoms in total. The summed E-state index contributed by atoms with van der Waals surface area (Å²) in [6, 6.07) is 2.87. The molecule has 0 bridgehead atoms. The number of benzene rings is 1. The highest BCUT2D eigenvalue weighted by Crippen LogP contribution is 2.39. The van der Waals surface area contributed by atoms with Gasteiger partial charge in [0, 0.05) is 5.56 Å². The number of aliphatic hydroxyl groups is 1. The molecular weight excluding hydrogens is 394 g/mol. The number of alkyl halides is 8. The van der Waals surface area contributed by atoms with E-state index in [0.29, 0.717) is 12.1 Å². The van der Waals surface area contributed by atoms with E-state index in [1.54, 1.807) is 0 Å². The number of hydrogen-bond donors (Lipinski definition) is 1. The van der Waals surface area contributed by atoms with E-state index in [0.717, 1.165) is 12.1 Å². The van der Waals surface area contributed by atoms with Crippen molar-refractivity contribution in [3.8, 4) is 0 Å². The quantitative estimate of drug-likeness (QED) is 0.356. The van der Waals surface area contributed by atoms with Crippen molar-refractivity contribution in [2.75, 3.05) is 0 Å². The van der Waals surface area contributed by atoms with Crippen molar-refractivity contribution in [1.29, 1.82) is 0 Å². The fraction of sp³-hybridized carbons (Fsp3) is 0.364. The number of nitrogens with zero attached hydrogens (tertiary/aromatic N) is 1. The molecule has 0 atom stereocenters. The smallest absolute Gasteiger partial charge is 0.392 e. The Morgan fingerprint density at radius 2 is 1.48 bits per heavy atom. The van der Waals surface area contributed by atoms with Crippen LogP contribution in [0.25, 0.3) is 0 Å². The van der Waals surface area contributed by atoms with E-state index >= 15 is 0 Å². The molecule has 0 fully saturated rings. The third-order valence-electron chi connectivity index (χ3n) is 2.57. The van der Waals surface area contributed by atoms with Crippen molar-refractivity contribution in [2.45, 2.75) is 24.2 Å². The fourth-order valence-electron chi connectivity index (χ4n) is 1.32. The molecule has 0 radical (unpaired) electrons. The van der Waals surface area contributed by atoms with Crippen LogP contribution in [0.5, 0.6) is 0 Å². The van der Waals surface area contributed by atoms with E-state index in [-0.39, 0.29) is 5.56 Å². The van der Waals surface area contributed by atoms with Gasteiger partial charge in [-0.05, 0) is 5.56 Å². The molecule has 25 heavy (non-hydrogen) atoms. The van der Waals surface area contributed by atoms with Gasteiger partial charge >= 0.3 is 27.7 Å². The highest BCUT2D eigenvalue weighted by Gasteiger charge is 2.62. The Morgan fingerprint density at radius 1 is 1.00 bits per heavy atom. The minimum absolute atomic E-state index is 0.0715. The normalized spacial score (nSPS) is 14.5. The zero-order valence-corrected chi connectivity index (χ0v) is 12.4. The number of aliphatic hydroxyl groups excluding tert-OH is 1. The summed E-state index contributed by atoms with van der Waals surface area (Å²) in [6.45, 7) is -0.610. The largest absolute Gasteiger partial charge is 0.536 e. The second-order valence-electron chi connectivity index (χ2n) is 4.34. The van der Waals surface area contributed by atoms with Gasteiger partial charge in [-0.3, -0.25) is 4.28 Å². The van der Waals surface area contributed by atoms with Crippen LogP contribution in [0.3, 0.4) is 0 Å². The maximum Gasteiger partial charge on any atom is 0.536 e. The Hall–Kier alpha value is -1.96. The van der Waals surface area contributed by atoms with Gasteiger partial charge in [0.1, 0.15) is 0 Å². The summed E-state index contributed by atoms with van der Waals surface area (Å²) in [4.78, 5) is 0. The lowest BCUT2D eigenvalue weighted by Crippen LogP contribution is -2.45. The molecule has 0 saturated heterocycles. The zero-order valence-electron chi connectivity index (χ0n) is 11.6. The molecule has 0 aliphatic rings. The van der Waals surface area contributed by atoms with Gasteiger partial charge in [-0.2, -0.15) is 43.5 Å². The Bertz CT molecular complexity index is 737. The van der Waals surface area contributed by atoms with Crippen molar-refractivity contribution >= 4 is 15.8 Å². The van der Waals surface area contributed by atoms with Gasteiger partial charge in [0.05, 0.1) is 6.61 Å². The second kappa shape index (κ2) is 6.74. The van der Waals surface area contributed by atoms with E-state index < -0.39 is 45.6 Å². The van der Waals surface area contributed by atoms with Crippen LogP contribution in [-0.4, -0.2) is 36.8 Å². The first kappa shape index (κ1) is 21.1. The van der Waals surface area contributed by atoms with Crippen LogP contribution in [-0.2, 0) is 21.0 Å². The number of oxime groups is 1. The maximum atomic E-state index is 13.5. The van der Waals surface area contributed by atoms with E-state index in [9.17, 15) is 43.5 Å². The Morgan fingerprint density at radius 3 is 1.84 bits per heavy atom. The van der Waals surface area contributed by atoms with Crippen LogP contribution in [0.4, 0.5) is 35.1 Å². The van der Waals surface area contributed by atoms with Crippen molar-refractivity contribution in [3.05, 3.63) is 35.4 Å². The molecule has 1 aromatic carbocycles. The average Bonchev–Trinajstić information content (AvgIpc) is 2.45. The highest BCUT2D eigenvalue weighted by molar-refractivity contribution is 7.87. The van der Waals surface area contributed by atoms with Crippen molar-refractivity contribution in [1.82, 2.24) is 0 Å². The number of halogens is 8. The van der Waals surface area contributed by atoms with Gasteiger partial charge in [-0.15, -0.1) is 0 Å². The summed E-state index contributed by atoms with van der Waals surface area (Å²) in [5, 5.41) is 10.7. The summed E-state index contributed by atoms with van der Waals surface area (Å²) in [5.41, 5.74) is -9.49. The SMILES string of the molecule is O=S(=O)(ON=C(c1ccc(CO)cc1)C(F)(F)C(F)(F)F)C(F)(F)F. The first-order valence-corrected chi connectivity index (χ1v) is 7.27. The maximum absolute atomic E-state index is 13.5. The highest BCUT2D eigenvalue weighted by atomic mass is 32.2. The molecular formula is C11H7F8NO4S. The van der Waals surface area contributed by atoms with Crippen LogP contribution < -0.4 is 0 Å². The fourth-order valence-corrected chi connectivity index (χ4v) is 1.58. The molecule has 0 spiro atoms.